The van der Waals surface area contributed by atoms with Crippen LogP contribution in [0.3, 0.4) is 0 Å². The van der Waals surface area contributed by atoms with E-state index < -0.39 is 0 Å². The summed E-state index contributed by atoms with van der Waals surface area (Å²) in [4.78, 5) is 4.79. The van der Waals surface area contributed by atoms with Crippen LogP contribution in [0.4, 0.5) is 0 Å². The number of nitriles is 1. The number of likely N-dealkylation sites (N-methyl/N-ethyl adjacent to an activating group) is 1. The molecular formula is C16H24N4. The standard InChI is InChI=1S/C16H24N4/c1-19(13-14-20-11-9-18-10-12-20)16(7-8-17)15-5-3-2-4-6-15/h2-6,16,18H,7,9-14H2,1H3. The first kappa shape index (κ1) is 15.0. The molecule has 1 heterocycles. The summed E-state index contributed by atoms with van der Waals surface area (Å²) < 4.78 is 0. The lowest BCUT2D eigenvalue weighted by molar-refractivity contribution is 0.178. The van der Waals surface area contributed by atoms with Crippen molar-refractivity contribution in [3.8, 4) is 6.07 Å². The summed E-state index contributed by atoms with van der Waals surface area (Å²) in [5.74, 6) is 0. The molecule has 0 amide bonds. The van der Waals surface area contributed by atoms with E-state index in [4.69, 9.17) is 5.26 Å². The molecule has 0 bridgehead atoms. The lowest BCUT2D eigenvalue weighted by atomic mass is 10.0. The molecule has 4 heteroatoms. The first-order valence-corrected chi connectivity index (χ1v) is 7.36. The number of nitrogens with one attached hydrogen (secondary N) is 1. The van der Waals surface area contributed by atoms with E-state index in [1.807, 2.05) is 18.2 Å². The van der Waals surface area contributed by atoms with Gasteiger partial charge in [0.15, 0.2) is 0 Å². The molecule has 20 heavy (non-hydrogen) atoms. The Morgan fingerprint density at radius 3 is 2.65 bits per heavy atom. The fourth-order valence-corrected chi connectivity index (χ4v) is 2.68. The van der Waals surface area contributed by atoms with E-state index >= 15 is 0 Å². The maximum Gasteiger partial charge on any atom is 0.0641 e. The van der Waals surface area contributed by atoms with Gasteiger partial charge in [0, 0.05) is 45.3 Å². The van der Waals surface area contributed by atoms with Crippen LogP contribution in [0.1, 0.15) is 18.0 Å². The van der Waals surface area contributed by atoms with Gasteiger partial charge in [-0.2, -0.15) is 5.26 Å². The number of piperazine rings is 1. The second-order valence-electron chi connectivity index (χ2n) is 5.36. The predicted octanol–water partition coefficient (Wildman–Crippen LogP) is 1.48. The summed E-state index contributed by atoms with van der Waals surface area (Å²) in [7, 11) is 2.12. The van der Waals surface area contributed by atoms with Crippen LogP contribution in [-0.2, 0) is 0 Å². The fraction of sp³-hybridized carbons (Fsp3) is 0.562. The maximum absolute atomic E-state index is 9.07. The summed E-state index contributed by atoms with van der Waals surface area (Å²) >= 11 is 0. The van der Waals surface area contributed by atoms with Gasteiger partial charge in [0.1, 0.15) is 0 Å². The van der Waals surface area contributed by atoms with Crippen molar-refractivity contribution in [1.29, 1.82) is 5.26 Å². The number of hydrogen-bond donors (Lipinski definition) is 1. The van der Waals surface area contributed by atoms with Crippen molar-refractivity contribution in [2.75, 3.05) is 46.3 Å². The maximum atomic E-state index is 9.07. The Labute approximate surface area is 122 Å². The van der Waals surface area contributed by atoms with Crippen molar-refractivity contribution in [2.24, 2.45) is 0 Å². The molecule has 0 aliphatic carbocycles. The van der Waals surface area contributed by atoms with E-state index in [0.717, 1.165) is 39.3 Å². The molecule has 1 fully saturated rings. The van der Waals surface area contributed by atoms with Crippen molar-refractivity contribution < 1.29 is 0 Å². The van der Waals surface area contributed by atoms with Gasteiger partial charge >= 0.3 is 0 Å². The molecule has 1 saturated heterocycles. The molecule has 1 aromatic carbocycles. The van der Waals surface area contributed by atoms with Crippen LogP contribution in [0.5, 0.6) is 0 Å². The Hall–Kier alpha value is -1.41. The molecule has 0 aromatic heterocycles. The van der Waals surface area contributed by atoms with E-state index in [1.54, 1.807) is 0 Å². The average molecular weight is 272 g/mol. The van der Waals surface area contributed by atoms with Gasteiger partial charge in [0.2, 0.25) is 0 Å². The van der Waals surface area contributed by atoms with Crippen molar-refractivity contribution in [2.45, 2.75) is 12.5 Å². The Bertz CT molecular complexity index is 420. The van der Waals surface area contributed by atoms with Gasteiger partial charge in [-0.3, -0.25) is 9.80 Å². The molecule has 1 aromatic rings. The number of nitrogens with zero attached hydrogens (tertiary/aromatic N) is 3. The molecule has 1 unspecified atom stereocenters. The van der Waals surface area contributed by atoms with E-state index in [9.17, 15) is 0 Å². The molecule has 1 N–H and O–H groups in total. The highest BCUT2D eigenvalue weighted by Gasteiger charge is 2.18. The SMILES string of the molecule is CN(CCN1CCNCC1)C(CC#N)c1ccccc1. The van der Waals surface area contributed by atoms with Gasteiger partial charge in [0.05, 0.1) is 12.5 Å². The van der Waals surface area contributed by atoms with Crippen LogP contribution < -0.4 is 5.32 Å². The highest BCUT2D eigenvalue weighted by molar-refractivity contribution is 5.20. The number of benzene rings is 1. The van der Waals surface area contributed by atoms with Crippen molar-refractivity contribution in [1.82, 2.24) is 15.1 Å². The van der Waals surface area contributed by atoms with Crippen LogP contribution in [0.2, 0.25) is 0 Å². The van der Waals surface area contributed by atoms with Crippen LogP contribution >= 0.6 is 0 Å². The summed E-state index contributed by atoms with van der Waals surface area (Å²) in [6, 6.07) is 12.9. The predicted molar refractivity (Wildman–Crippen MR) is 81.4 cm³/mol. The molecule has 108 valence electrons. The van der Waals surface area contributed by atoms with Gasteiger partial charge in [0.25, 0.3) is 0 Å². The van der Waals surface area contributed by atoms with Gasteiger partial charge in [-0.1, -0.05) is 30.3 Å². The van der Waals surface area contributed by atoms with Crippen molar-refractivity contribution in [3.63, 3.8) is 0 Å². The zero-order valence-corrected chi connectivity index (χ0v) is 12.3. The van der Waals surface area contributed by atoms with Crippen molar-refractivity contribution >= 4 is 0 Å². The quantitative estimate of drug-likeness (QED) is 0.852. The molecular weight excluding hydrogens is 248 g/mol. The molecule has 0 spiro atoms. The zero-order valence-electron chi connectivity index (χ0n) is 12.3. The summed E-state index contributed by atoms with van der Waals surface area (Å²) in [5, 5.41) is 12.4. The summed E-state index contributed by atoms with van der Waals surface area (Å²) in [6.07, 6.45) is 0.544. The van der Waals surface area contributed by atoms with Crippen LogP contribution in [0.15, 0.2) is 30.3 Å². The minimum atomic E-state index is 0.198. The van der Waals surface area contributed by atoms with Gasteiger partial charge in [-0.15, -0.1) is 0 Å². The third-order valence-corrected chi connectivity index (χ3v) is 3.98. The summed E-state index contributed by atoms with van der Waals surface area (Å²) in [6.45, 7) is 6.51. The Morgan fingerprint density at radius 1 is 1.30 bits per heavy atom. The second-order valence-corrected chi connectivity index (χ2v) is 5.36. The molecule has 0 saturated carbocycles. The highest BCUT2D eigenvalue weighted by atomic mass is 15.2. The second kappa shape index (κ2) is 8.01. The topological polar surface area (TPSA) is 42.3 Å². The normalized spacial score (nSPS) is 17.9. The van der Waals surface area contributed by atoms with E-state index in [1.165, 1.54) is 5.56 Å². The lowest BCUT2D eigenvalue weighted by Crippen LogP contribution is -2.46. The van der Waals surface area contributed by atoms with Crippen LogP contribution in [0, 0.1) is 11.3 Å². The minimum Gasteiger partial charge on any atom is -0.314 e. The third kappa shape index (κ3) is 4.31. The fourth-order valence-electron chi connectivity index (χ4n) is 2.68. The minimum absolute atomic E-state index is 0.198. The van der Waals surface area contributed by atoms with E-state index in [-0.39, 0.29) is 6.04 Å². The average Bonchev–Trinajstić information content (AvgIpc) is 2.52. The first-order chi connectivity index (χ1) is 9.81. The molecule has 2 rings (SSSR count). The van der Waals surface area contributed by atoms with Crippen molar-refractivity contribution in [3.05, 3.63) is 35.9 Å². The van der Waals surface area contributed by atoms with E-state index in [0.29, 0.717) is 6.42 Å². The van der Waals surface area contributed by atoms with E-state index in [2.05, 4.69) is 40.4 Å². The highest BCUT2D eigenvalue weighted by Crippen LogP contribution is 2.22. The molecule has 1 aliphatic rings. The Balaban J connectivity index is 1.90. The Morgan fingerprint density at radius 2 is 2.00 bits per heavy atom. The number of rotatable bonds is 6. The van der Waals surface area contributed by atoms with Gasteiger partial charge in [-0.05, 0) is 12.6 Å². The first-order valence-electron chi connectivity index (χ1n) is 7.36. The van der Waals surface area contributed by atoms with Gasteiger partial charge < -0.3 is 5.32 Å². The lowest BCUT2D eigenvalue weighted by Gasteiger charge is -2.32. The zero-order chi connectivity index (χ0) is 14.2. The Kier molecular flexibility index (Phi) is 6.00. The van der Waals surface area contributed by atoms with Crippen LogP contribution in [0.25, 0.3) is 0 Å². The molecule has 1 aliphatic heterocycles. The smallest absolute Gasteiger partial charge is 0.0641 e. The van der Waals surface area contributed by atoms with Gasteiger partial charge in [-0.25, -0.2) is 0 Å². The summed E-state index contributed by atoms with van der Waals surface area (Å²) in [5.41, 5.74) is 1.23. The number of hydrogen-bond acceptors (Lipinski definition) is 4. The largest absolute Gasteiger partial charge is 0.314 e. The monoisotopic (exact) mass is 272 g/mol. The molecule has 0 radical (unpaired) electrons. The molecule has 4 nitrogen and oxygen atoms in total. The van der Waals surface area contributed by atoms with Crippen LogP contribution in [-0.4, -0.2) is 56.1 Å². The third-order valence-electron chi connectivity index (χ3n) is 3.98. The molecule has 1 atom stereocenters.